The number of likely N-dealkylation sites (N-methyl/N-ethyl adjacent to an activating group) is 1. The van der Waals surface area contributed by atoms with Crippen LogP contribution in [0.15, 0.2) is 22.7 Å². The van der Waals surface area contributed by atoms with Crippen molar-refractivity contribution in [3.63, 3.8) is 0 Å². The molecule has 0 radical (unpaired) electrons. The zero-order valence-corrected chi connectivity index (χ0v) is 11.0. The normalized spacial score (nSPS) is 20.2. The second-order valence-electron chi connectivity index (χ2n) is 4.81. The highest BCUT2D eigenvalue weighted by Crippen LogP contribution is 2.27. The molecule has 2 N–H and O–H groups in total. The number of nitrogens with zero attached hydrogens (tertiary/aromatic N) is 3. The van der Waals surface area contributed by atoms with Crippen LogP contribution in [0.1, 0.15) is 11.9 Å². The molecule has 0 spiro atoms. The van der Waals surface area contributed by atoms with Crippen molar-refractivity contribution in [2.75, 3.05) is 32.5 Å². The van der Waals surface area contributed by atoms with E-state index in [0.29, 0.717) is 30.2 Å². The van der Waals surface area contributed by atoms with Gasteiger partial charge in [-0.3, -0.25) is 0 Å². The molecule has 2 aromatic rings. The molecule has 1 aromatic carbocycles. The molecule has 0 bridgehead atoms. The van der Waals surface area contributed by atoms with E-state index in [2.05, 4.69) is 15.0 Å². The summed E-state index contributed by atoms with van der Waals surface area (Å²) in [6, 6.07) is 4.04. The number of nitrogens with two attached hydrogens (primary N) is 1. The fourth-order valence-corrected chi connectivity index (χ4v) is 2.12. The second kappa shape index (κ2) is 5.18. The Hall–Kier alpha value is -1.99. The van der Waals surface area contributed by atoms with E-state index in [1.807, 2.05) is 7.05 Å². The van der Waals surface area contributed by atoms with E-state index in [4.69, 9.17) is 15.0 Å². The third-order valence-electron chi connectivity index (χ3n) is 3.25. The molecule has 1 fully saturated rings. The monoisotopic (exact) mass is 278 g/mol. The van der Waals surface area contributed by atoms with Crippen LogP contribution in [-0.2, 0) is 4.74 Å². The summed E-state index contributed by atoms with van der Waals surface area (Å²) in [5.74, 6) is 0.256. The summed E-state index contributed by atoms with van der Waals surface area (Å²) in [4.78, 5) is 6.39. The predicted molar refractivity (Wildman–Crippen MR) is 70.3 cm³/mol. The molecule has 7 heteroatoms. The van der Waals surface area contributed by atoms with E-state index < -0.39 is 5.82 Å². The van der Waals surface area contributed by atoms with Crippen LogP contribution in [0.4, 0.5) is 10.1 Å². The topological polar surface area (TPSA) is 77.4 Å². The van der Waals surface area contributed by atoms with Crippen LogP contribution in [-0.4, -0.2) is 41.8 Å². The first-order valence-corrected chi connectivity index (χ1v) is 6.32. The number of nitrogen functional groups attached to an aromatic ring is 1. The molecule has 6 nitrogen and oxygen atoms in total. The largest absolute Gasteiger partial charge is 0.398 e. The summed E-state index contributed by atoms with van der Waals surface area (Å²) in [5, 5.41) is 3.91. The van der Waals surface area contributed by atoms with Gasteiger partial charge in [-0.05, 0) is 25.2 Å². The fraction of sp³-hybridized carbons (Fsp3) is 0.385. The number of morpholine rings is 1. The van der Waals surface area contributed by atoms with Crippen LogP contribution in [0.2, 0.25) is 0 Å². The van der Waals surface area contributed by atoms with Crippen LogP contribution < -0.4 is 5.73 Å². The van der Waals surface area contributed by atoms with Crippen molar-refractivity contribution in [1.29, 1.82) is 0 Å². The fourth-order valence-electron chi connectivity index (χ4n) is 2.12. The molecule has 0 amide bonds. The molecule has 1 atom stereocenters. The van der Waals surface area contributed by atoms with E-state index in [1.54, 1.807) is 0 Å². The Bertz CT molecular complexity index is 616. The minimum Gasteiger partial charge on any atom is -0.398 e. The van der Waals surface area contributed by atoms with Gasteiger partial charge in [-0.1, -0.05) is 5.16 Å². The molecule has 1 unspecified atom stereocenters. The zero-order chi connectivity index (χ0) is 14.1. The highest BCUT2D eigenvalue weighted by atomic mass is 19.1. The molecule has 0 aliphatic carbocycles. The number of benzene rings is 1. The SMILES string of the molecule is CN1CCOC(c2noc(-c3cc(F)ccc3N)n2)C1. The minimum absolute atomic E-state index is 0.203. The van der Waals surface area contributed by atoms with E-state index in [1.165, 1.54) is 18.2 Å². The Morgan fingerprint density at radius 2 is 2.30 bits per heavy atom. The first-order valence-electron chi connectivity index (χ1n) is 6.32. The van der Waals surface area contributed by atoms with Gasteiger partial charge in [0.25, 0.3) is 5.89 Å². The van der Waals surface area contributed by atoms with Gasteiger partial charge in [0.1, 0.15) is 11.9 Å². The molecule has 1 aliphatic rings. The Labute approximate surface area is 115 Å². The van der Waals surface area contributed by atoms with Crippen LogP contribution >= 0.6 is 0 Å². The molecular formula is C13H15FN4O2. The summed E-state index contributed by atoms with van der Waals surface area (Å²) < 4.78 is 24.0. The van der Waals surface area contributed by atoms with Crippen molar-refractivity contribution >= 4 is 5.69 Å². The highest BCUT2D eigenvalue weighted by molar-refractivity contribution is 5.70. The Balaban J connectivity index is 1.88. The first kappa shape index (κ1) is 13.0. The van der Waals surface area contributed by atoms with Crippen molar-refractivity contribution in [3.8, 4) is 11.5 Å². The summed E-state index contributed by atoms with van der Waals surface area (Å²) in [7, 11) is 2.00. The third-order valence-corrected chi connectivity index (χ3v) is 3.25. The van der Waals surface area contributed by atoms with Crippen LogP contribution in [0.25, 0.3) is 11.5 Å². The maximum absolute atomic E-state index is 13.3. The lowest BCUT2D eigenvalue weighted by molar-refractivity contribution is -0.0264. The molecular weight excluding hydrogens is 263 g/mol. The molecule has 3 rings (SSSR count). The van der Waals surface area contributed by atoms with Gasteiger partial charge in [0.2, 0.25) is 5.82 Å². The third kappa shape index (κ3) is 2.50. The lowest BCUT2D eigenvalue weighted by atomic mass is 10.2. The average molecular weight is 278 g/mol. The quantitative estimate of drug-likeness (QED) is 0.838. The number of rotatable bonds is 2. The number of hydrogen-bond donors (Lipinski definition) is 1. The Morgan fingerprint density at radius 3 is 3.10 bits per heavy atom. The van der Waals surface area contributed by atoms with Crippen molar-refractivity contribution in [1.82, 2.24) is 15.0 Å². The van der Waals surface area contributed by atoms with Gasteiger partial charge in [0, 0.05) is 18.8 Å². The summed E-state index contributed by atoms with van der Waals surface area (Å²) in [5.41, 5.74) is 6.59. The summed E-state index contributed by atoms with van der Waals surface area (Å²) in [6.07, 6.45) is -0.235. The van der Waals surface area contributed by atoms with Crippen molar-refractivity contribution in [3.05, 3.63) is 29.8 Å². The molecule has 2 heterocycles. The Kier molecular flexibility index (Phi) is 3.37. The summed E-state index contributed by atoms with van der Waals surface area (Å²) >= 11 is 0. The van der Waals surface area contributed by atoms with Crippen LogP contribution in [0, 0.1) is 5.82 Å². The van der Waals surface area contributed by atoms with Crippen LogP contribution in [0.5, 0.6) is 0 Å². The Morgan fingerprint density at radius 1 is 1.45 bits per heavy atom. The van der Waals surface area contributed by atoms with Crippen LogP contribution in [0.3, 0.4) is 0 Å². The number of aromatic nitrogens is 2. The van der Waals surface area contributed by atoms with E-state index in [0.717, 1.165) is 6.54 Å². The molecule has 0 saturated carbocycles. The molecule has 1 aliphatic heterocycles. The van der Waals surface area contributed by atoms with E-state index in [9.17, 15) is 4.39 Å². The minimum atomic E-state index is -0.400. The van der Waals surface area contributed by atoms with Gasteiger partial charge in [-0.15, -0.1) is 0 Å². The molecule has 1 saturated heterocycles. The van der Waals surface area contributed by atoms with Gasteiger partial charge >= 0.3 is 0 Å². The number of anilines is 1. The maximum Gasteiger partial charge on any atom is 0.260 e. The first-order chi connectivity index (χ1) is 9.63. The van der Waals surface area contributed by atoms with Gasteiger partial charge in [-0.2, -0.15) is 4.98 Å². The lowest BCUT2D eigenvalue weighted by Gasteiger charge is -2.27. The van der Waals surface area contributed by atoms with Gasteiger partial charge in [0.05, 0.1) is 12.2 Å². The van der Waals surface area contributed by atoms with Crippen molar-refractivity contribution in [2.45, 2.75) is 6.10 Å². The molecule has 20 heavy (non-hydrogen) atoms. The second-order valence-corrected chi connectivity index (χ2v) is 4.81. The van der Waals surface area contributed by atoms with Gasteiger partial charge < -0.3 is 19.9 Å². The standard InChI is InChI=1S/C13H15FN4O2/c1-18-4-5-19-11(7-18)12-16-13(20-17-12)9-6-8(14)2-3-10(9)15/h2-3,6,11H,4-5,7,15H2,1H3. The summed E-state index contributed by atoms with van der Waals surface area (Å²) in [6.45, 7) is 2.18. The zero-order valence-electron chi connectivity index (χ0n) is 11.0. The predicted octanol–water partition coefficient (Wildman–Crippen LogP) is 1.46. The number of hydrogen-bond acceptors (Lipinski definition) is 6. The lowest BCUT2D eigenvalue weighted by Crippen LogP contribution is -2.35. The molecule has 106 valence electrons. The maximum atomic E-state index is 13.3. The molecule has 1 aromatic heterocycles. The van der Waals surface area contributed by atoms with Crippen molar-refractivity contribution in [2.24, 2.45) is 0 Å². The smallest absolute Gasteiger partial charge is 0.260 e. The van der Waals surface area contributed by atoms with Gasteiger partial charge in [0.15, 0.2) is 0 Å². The number of ether oxygens (including phenoxy) is 1. The van der Waals surface area contributed by atoms with Gasteiger partial charge in [-0.25, -0.2) is 4.39 Å². The van der Waals surface area contributed by atoms with E-state index >= 15 is 0 Å². The average Bonchev–Trinajstić information content (AvgIpc) is 2.91. The number of halogens is 1. The highest BCUT2D eigenvalue weighted by Gasteiger charge is 2.25. The van der Waals surface area contributed by atoms with E-state index in [-0.39, 0.29) is 12.0 Å². The van der Waals surface area contributed by atoms with Crippen molar-refractivity contribution < 1.29 is 13.7 Å².